The van der Waals surface area contributed by atoms with Crippen LogP contribution >= 0.6 is 7.60 Å². The van der Waals surface area contributed by atoms with Gasteiger partial charge in [0.15, 0.2) is 5.76 Å². The third kappa shape index (κ3) is 4.87. The van der Waals surface area contributed by atoms with Gasteiger partial charge in [0.1, 0.15) is 17.3 Å². The molecule has 0 bridgehead atoms. The molecule has 1 aliphatic heterocycles. The smallest absolute Gasteiger partial charge is 0.325 e. The SMILES string of the molecule is COc1nc(N2CCC(CCP(=O)(O)O)CC2)cc2cnn(C(=O)c3ccc(C#N)o3)c(=O)c12. The van der Waals surface area contributed by atoms with Gasteiger partial charge in [-0.05, 0) is 43.4 Å². The Morgan fingerprint density at radius 3 is 2.71 bits per heavy atom. The van der Waals surface area contributed by atoms with Crippen molar-refractivity contribution in [2.24, 2.45) is 5.92 Å². The Morgan fingerprint density at radius 1 is 1.35 bits per heavy atom. The summed E-state index contributed by atoms with van der Waals surface area (Å²) in [4.78, 5) is 50.4. The molecule has 178 valence electrons. The third-order valence-corrected chi connectivity index (χ3v) is 6.64. The highest BCUT2D eigenvalue weighted by Gasteiger charge is 2.25. The number of anilines is 1. The van der Waals surface area contributed by atoms with E-state index in [0.717, 1.165) is 12.8 Å². The van der Waals surface area contributed by atoms with Crippen molar-refractivity contribution in [3.8, 4) is 11.9 Å². The maximum atomic E-state index is 13.1. The van der Waals surface area contributed by atoms with Crippen molar-refractivity contribution in [3.63, 3.8) is 0 Å². The molecule has 0 amide bonds. The van der Waals surface area contributed by atoms with E-state index >= 15 is 0 Å². The Kier molecular flexibility index (Phi) is 6.52. The van der Waals surface area contributed by atoms with Crippen LogP contribution in [0.1, 0.15) is 35.6 Å². The van der Waals surface area contributed by atoms with Gasteiger partial charge in [-0.1, -0.05) is 0 Å². The van der Waals surface area contributed by atoms with Gasteiger partial charge < -0.3 is 23.8 Å². The molecule has 0 atom stereocenters. The van der Waals surface area contributed by atoms with Gasteiger partial charge in [0.05, 0.1) is 19.5 Å². The topological polar surface area (TPSA) is 172 Å². The molecule has 1 saturated heterocycles. The number of nitrogens with zero attached hydrogens (tertiary/aromatic N) is 5. The number of rotatable bonds is 6. The van der Waals surface area contributed by atoms with E-state index in [9.17, 15) is 14.2 Å². The number of furan rings is 1. The predicted octanol–water partition coefficient (Wildman–Crippen LogP) is 1.74. The van der Waals surface area contributed by atoms with Crippen LogP contribution in [0.25, 0.3) is 10.8 Å². The molecule has 0 radical (unpaired) electrons. The second-order valence-corrected chi connectivity index (χ2v) is 9.78. The number of fused-ring (bicyclic) bond motifs is 1. The number of ether oxygens (including phenoxy) is 1. The lowest BCUT2D eigenvalue weighted by Gasteiger charge is -2.33. The lowest BCUT2D eigenvalue weighted by atomic mass is 9.94. The van der Waals surface area contributed by atoms with Crippen molar-refractivity contribution in [1.29, 1.82) is 5.26 Å². The molecule has 1 fully saturated rings. The van der Waals surface area contributed by atoms with Crippen LogP contribution in [0.3, 0.4) is 0 Å². The van der Waals surface area contributed by atoms with Gasteiger partial charge in [-0.25, -0.2) is 0 Å². The van der Waals surface area contributed by atoms with E-state index in [2.05, 4.69) is 10.1 Å². The summed E-state index contributed by atoms with van der Waals surface area (Å²) < 4.78 is 22.2. The van der Waals surface area contributed by atoms with Gasteiger partial charge in [-0.3, -0.25) is 14.2 Å². The van der Waals surface area contributed by atoms with Crippen molar-refractivity contribution in [3.05, 3.63) is 46.3 Å². The molecule has 0 aromatic carbocycles. The molecule has 3 aromatic heterocycles. The molecule has 3 aromatic rings. The van der Waals surface area contributed by atoms with Crippen LogP contribution in [-0.2, 0) is 4.57 Å². The van der Waals surface area contributed by atoms with E-state index in [-0.39, 0.29) is 34.9 Å². The number of nitriles is 1. The van der Waals surface area contributed by atoms with Crippen molar-refractivity contribution in [1.82, 2.24) is 14.8 Å². The Hall–Kier alpha value is -3.52. The van der Waals surface area contributed by atoms with Crippen LogP contribution in [0.5, 0.6) is 5.88 Å². The van der Waals surface area contributed by atoms with Crippen molar-refractivity contribution in [2.45, 2.75) is 19.3 Å². The summed E-state index contributed by atoms with van der Waals surface area (Å²) in [7, 11) is -2.63. The van der Waals surface area contributed by atoms with Gasteiger partial charge in [0.2, 0.25) is 11.6 Å². The monoisotopic (exact) mass is 487 g/mol. The van der Waals surface area contributed by atoms with Gasteiger partial charge in [-0.15, -0.1) is 0 Å². The zero-order chi connectivity index (χ0) is 24.5. The van der Waals surface area contributed by atoms with Crippen molar-refractivity contribution < 1.29 is 28.3 Å². The van der Waals surface area contributed by atoms with E-state index in [0.29, 0.717) is 35.4 Å². The normalized spacial score (nSPS) is 14.8. The van der Waals surface area contributed by atoms with E-state index < -0.39 is 19.1 Å². The maximum absolute atomic E-state index is 13.1. The molecule has 0 saturated carbocycles. The summed E-state index contributed by atoms with van der Waals surface area (Å²) >= 11 is 0. The largest absolute Gasteiger partial charge is 0.480 e. The summed E-state index contributed by atoms with van der Waals surface area (Å²) in [6.07, 6.45) is 3.22. The molecule has 0 aliphatic carbocycles. The summed E-state index contributed by atoms with van der Waals surface area (Å²) in [5, 5.41) is 13.4. The van der Waals surface area contributed by atoms with Gasteiger partial charge in [0.25, 0.3) is 5.56 Å². The van der Waals surface area contributed by atoms with Crippen LogP contribution in [-0.4, -0.2) is 56.8 Å². The second-order valence-electron chi connectivity index (χ2n) is 8.00. The van der Waals surface area contributed by atoms with Crippen molar-refractivity contribution in [2.75, 3.05) is 31.3 Å². The standard InChI is InChI=1S/C21H22N5O7P/c1-32-19-18-14(12-23-26(21(18)28)20(27)16-3-2-15(11-22)33-16)10-17(24-19)25-7-4-13(5-8-25)6-9-34(29,30)31/h2-3,10,12-13H,4-9H2,1H3,(H2,29,30,31). The summed E-state index contributed by atoms with van der Waals surface area (Å²) in [5.74, 6) is -0.247. The molecule has 2 N–H and O–H groups in total. The first-order valence-corrected chi connectivity index (χ1v) is 12.3. The zero-order valence-corrected chi connectivity index (χ0v) is 19.1. The predicted molar refractivity (Wildman–Crippen MR) is 120 cm³/mol. The summed E-state index contributed by atoms with van der Waals surface area (Å²) in [6.45, 7) is 1.27. The van der Waals surface area contributed by atoms with E-state index in [1.807, 2.05) is 4.90 Å². The Bertz CT molecular complexity index is 1380. The molecule has 12 nitrogen and oxygen atoms in total. The number of hydrogen-bond acceptors (Lipinski definition) is 9. The maximum Gasteiger partial charge on any atom is 0.325 e. The van der Waals surface area contributed by atoms with E-state index in [4.69, 9.17) is 24.2 Å². The molecule has 0 unspecified atom stereocenters. The fraction of sp³-hybridized carbons (Fsp3) is 0.381. The van der Waals surface area contributed by atoms with Gasteiger partial charge in [-0.2, -0.15) is 20.0 Å². The van der Waals surface area contributed by atoms with Crippen LogP contribution in [0.15, 0.2) is 33.6 Å². The van der Waals surface area contributed by atoms with E-state index in [1.54, 1.807) is 12.1 Å². The lowest BCUT2D eigenvalue weighted by molar-refractivity contribution is 0.0911. The molecule has 13 heteroatoms. The molecular formula is C21H22N5O7P. The van der Waals surface area contributed by atoms with Crippen LogP contribution < -0.4 is 15.2 Å². The first-order chi connectivity index (χ1) is 16.2. The Morgan fingerprint density at radius 2 is 2.09 bits per heavy atom. The van der Waals surface area contributed by atoms with Gasteiger partial charge >= 0.3 is 13.5 Å². The third-order valence-electron chi connectivity index (χ3n) is 5.80. The number of pyridine rings is 1. The highest BCUT2D eigenvalue weighted by molar-refractivity contribution is 7.51. The van der Waals surface area contributed by atoms with Crippen LogP contribution in [0, 0.1) is 17.2 Å². The first kappa shape index (κ1) is 23.6. The Balaban J connectivity index is 1.59. The minimum atomic E-state index is -4.01. The average molecular weight is 487 g/mol. The summed E-state index contributed by atoms with van der Waals surface area (Å²) in [6, 6.07) is 6.08. The van der Waals surface area contributed by atoms with Crippen LogP contribution in [0.4, 0.5) is 5.82 Å². The molecule has 0 spiro atoms. The highest BCUT2D eigenvalue weighted by atomic mass is 31.2. The highest BCUT2D eigenvalue weighted by Crippen LogP contribution is 2.38. The molecule has 1 aliphatic rings. The minimum Gasteiger partial charge on any atom is -0.480 e. The average Bonchev–Trinajstić information content (AvgIpc) is 3.31. The molecule has 34 heavy (non-hydrogen) atoms. The quantitative estimate of drug-likeness (QED) is 0.485. The first-order valence-electron chi connectivity index (χ1n) is 10.5. The number of carbonyl (C=O) groups is 1. The Labute approximate surface area is 193 Å². The fourth-order valence-electron chi connectivity index (χ4n) is 4.00. The minimum absolute atomic E-state index is 0.0437. The number of carbonyl (C=O) groups excluding carboxylic acids is 1. The number of hydrogen-bond donors (Lipinski definition) is 2. The number of methoxy groups -OCH3 is 1. The second kappa shape index (κ2) is 9.38. The molecule has 4 rings (SSSR count). The van der Waals surface area contributed by atoms with Gasteiger partial charge in [0, 0.05) is 18.5 Å². The zero-order valence-electron chi connectivity index (χ0n) is 18.2. The summed E-state index contributed by atoms with van der Waals surface area (Å²) in [5.41, 5.74) is -0.732. The number of aromatic nitrogens is 3. The van der Waals surface area contributed by atoms with Crippen LogP contribution in [0.2, 0.25) is 0 Å². The lowest BCUT2D eigenvalue weighted by Crippen LogP contribution is -2.35. The van der Waals surface area contributed by atoms with Crippen molar-refractivity contribution >= 4 is 30.1 Å². The molecular weight excluding hydrogens is 465 g/mol. The van der Waals surface area contributed by atoms with E-state index in [1.165, 1.54) is 25.4 Å². The fourth-order valence-corrected chi connectivity index (χ4v) is 4.70. The molecule has 4 heterocycles. The number of piperidine rings is 1.